The molecule has 0 aliphatic carbocycles. The predicted molar refractivity (Wildman–Crippen MR) is 93.6 cm³/mol. The van der Waals surface area contributed by atoms with Gasteiger partial charge in [0.2, 0.25) is 0 Å². The molecule has 0 atom stereocenters. The number of rotatable bonds is 5. The molecular formula is C21H18O3. The highest BCUT2D eigenvalue weighted by Gasteiger charge is 2.17. The van der Waals surface area contributed by atoms with Gasteiger partial charge in [0.1, 0.15) is 11.3 Å². The minimum atomic E-state index is -1.12. The van der Waals surface area contributed by atoms with Crippen molar-refractivity contribution in [1.29, 1.82) is 0 Å². The number of carboxylic acid groups (broad SMARTS) is 1. The van der Waals surface area contributed by atoms with Crippen molar-refractivity contribution in [2.45, 2.75) is 12.8 Å². The molecular weight excluding hydrogens is 300 g/mol. The molecule has 0 saturated heterocycles. The van der Waals surface area contributed by atoms with E-state index >= 15 is 0 Å². The number of carbonyl (C=O) groups is 1. The first-order valence-corrected chi connectivity index (χ1v) is 7.80. The molecule has 0 aliphatic rings. The maximum atomic E-state index is 11.3. The second-order valence-corrected chi connectivity index (χ2v) is 5.73. The summed E-state index contributed by atoms with van der Waals surface area (Å²) < 4.78 is 0. The first kappa shape index (κ1) is 15.8. The largest absolute Gasteiger partial charge is 0.507 e. The first-order valence-electron chi connectivity index (χ1n) is 7.80. The molecule has 0 saturated carbocycles. The number of phenols is 1. The maximum absolute atomic E-state index is 11.3. The summed E-state index contributed by atoms with van der Waals surface area (Å²) in [4.78, 5) is 11.3. The SMILES string of the molecule is O=C(O)c1ccc(Cc2ccccc2)c(Cc2ccccc2)c1O. The van der Waals surface area contributed by atoms with Crippen LogP contribution in [0, 0.1) is 0 Å². The minimum absolute atomic E-state index is 0.0576. The molecule has 0 heterocycles. The van der Waals surface area contributed by atoms with Crippen LogP contribution in [0.25, 0.3) is 0 Å². The van der Waals surface area contributed by atoms with E-state index in [-0.39, 0.29) is 11.3 Å². The Morgan fingerprint density at radius 2 is 1.29 bits per heavy atom. The van der Waals surface area contributed by atoms with Gasteiger partial charge in [-0.05, 0) is 29.2 Å². The summed E-state index contributed by atoms with van der Waals surface area (Å²) in [6.45, 7) is 0. The smallest absolute Gasteiger partial charge is 0.339 e. The average Bonchev–Trinajstić information content (AvgIpc) is 2.59. The molecule has 0 spiro atoms. The topological polar surface area (TPSA) is 57.5 Å². The fraction of sp³-hybridized carbons (Fsp3) is 0.0952. The molecule has 0 fully saturated rings. The Labute approximate surface area is 140 Å². The normalized spacial score (nSPS) is 10.5. The highest BCUT2D eigenvalue weighted by Crippen LogP contribution is 2.30. The van der Waals surface area contributed by atoms with Gasteiger partial charge in [-0.1, -0.05) is 66.7 Å². The number of hydrogen-bond donors (Lipinski definition) is 2. The lowest BCUT2D eigenvalue weighted by Crippen LogP contribution is -2.04. The second-order valence-electron chi connectivity index (χ2n) is 5.73. The van der Waals surface area contributed by atoms with Crippen LogP contribution in [0.5, 0.6) is 5.75 Å². The van der Waals surface area contributed by atoms with Crippen molar-refractivity contribution >= 4 is 5.97 Å². The molecule has 3 nitrogen and oxygen atoms in total. The van der Waals surface area contributed by atoms with E-state index in [1.807, 2.05) is 60.7 Å². The third-order valence-electron chi connectivity index (χ3n) is 4.07. The molecule has 24 heavy (non-hydrogen) atoms. The summed E-state index contributed by atoms with van der Waals surface area (Å²) >= 11 is 0. The van der Waals surface area contributed by atoms with E-state index in [0.717, 1.165) is 16.7 Å². The average molecular weight is 318 g/mol. The second kappa shape index (κ2) is 7.01. The van der Waals surface area contributed by atoms with Gasteiger partial charge in [-0.3, -0.25) is 0 Å². The molecule has 120 valence electrons. The van der Waals surface area contributed by atoms with E-state index in [1.54, 1.807) is 6.07 Å². The maximum Gasteiger partial charge on any atom is 0.339 e. The molecule has 3 aromatic rings. The lowest BCUT2D eigenvalue weighted by molar-refractivity contribution is 0.0693. The molecule has 0 aliphatic heterocycles. The molecule has 3 heteroatoms. The van der Waals surface area contributed by atoms with Crippen LogP contribution in [0.1, 0.15) is 32.6 Å². The van der Waals surface area contributed by atoms with Gasteiger partial charge in [0, 0.05) is 12.0 Å². The van der Waals surface area contributed by atoms with E-state index in [0.29, 0.717) is 18.4 Å². The molecule has 0 bridgehead atoms. The summed E-state index contributed by atoms with van der Waals surface area (Å²) in [7, 11) is 0. The monoisotopic (exact) mass is 318 g/mol. The summed E-state index contributed by atoms with van der Waals surface area (Å²) in [6.07, 6.45) is 1.15. The van der Waals surface area contributed by atoms with Gasteiger partial charge in [-0.15, -0.1) is 0 Å². The van der Waals surface area contributed by atoms with E-state index in [2.05, 4.69) is 0 Å². The Kier molecular flexibility index (Phi) is 4.62. The lowest BCUT2D eigenvalue weighted by atomic mass is 9.92. The Morgan fingerprint density at radius 1 is 0.750 bits per heavy atom. The van der Waals surface area contributed by atoms with Gasteiger partial charge in [-0.2, -0.15) is 0 Å². The number of carboxylic acids is 1. The van der Waals surface area contributed by atoms with Crippen molar-refractivity contribution in [2.75, 3.05) is 0 Å². The Balaban J connectivity index is 2.04. The number of aromatic hydroxyl groups is 1. The number of benzene rings is 3. The van der Waals surface area contributed by atoms with Crippen LogP contribution in [-0.4, -0.2) is 16.2 Å². The van der Waals surface area contributed by atoms with E-state index in [4.69, 9.17) is 0 Å². The van der Waals surface area contributed by atoms with Crippen LogP contribution in [0.15, 0.2) is 72.8 Å². The molecule has 2 N–H and O–H groups in total. The third kappa shape index (κ3) is 3.46. The lowest BCUT2D eigenvalue weighted by Gasteiger charge is -2.14. The Bertz CT molecular complexity index is 840. The number of hydrogen-bond acceptors (Lipinski definition) is 2. The van der Waals surface area contributed by atoms with E-state index in [1.165, 1.54) is 6.07 Å². The minimum Gasteiger partial charge on any atom is -0.507 e. The zero-order valence-electron chi connectivity index (χ0n) is 13.1. The zero-order valence-corrected chi connectivity index (χ0v) is 13.1. The number of aromatic carboxylic acids is 1. The van der Waals surface area contributed by atoms with Gasteiger partial charge in [0.25, 0.3) is 0 Å². The fourth-order valence-corrected chi connectivity index (χ4v) is 2.83. The molecule has 3 aromatic carbocycles. The third-order valence-corrected chi connectivity index (χ3v) is 4.07. The van der Waals surface area contributed by atoms with Crippen LogP contribution in [0.4, 0.5) is 0 Å². The van der Waals surface area contributed by atoms with Crippen molar-refractivity contribution in [3.63, 3.8) is 0 Å². The van der Waals surface area contributed by atoms with Crippen molar-refractivity contribution < 1.29 is 15.0 Å². The quantitative estimate of drug-likeness (QED) is 0.738. The summed E-state index contributed by atoms with van der Waals surface area (Å²) in [5.41, 5.74) is 3.70. The summed E-state index contributed by atoms with van der Waals surface area (Å²) in [6, 6.07) is 23.0. The van der Waals surface area contributed by atoms with Crippen LogP contribution >= 0.6 is 0 Å². The van der Waals surface area contributed by atoms with Gasteiger partial charge >= 0.3 is 5.97 Å². The van der Waals surface area contributed by atoms with Crippen LogP contribution < -0.4 is 0 Å². The molecule has 0 unspecified atom stereocenters. The van der Waals surface area contributed by atoms with Crippen LogP contribution in [0.3, 0.4) is 0 Å². The molecule has 0 amide bonds. The zero-order chi connectivity index (χ0) is 16.9. The van der Waals surface area contributed by atoms with Crippen LogP contribution in [0.2, 0.25) is 0 Å². The highest BCUT2D eigenvalue weighted by atomic mass is 16.4. The fourth-order valence-electron chi connectivity index (χ4n) is 2.83. The van der Waals surface area contributed by atoms with E-state index < -0.39 is 5.97 Å². The Hall–Kier alpha value is -3.07. The molecule has 3 rings (SSSR count). The predicted octanol–water partition coefficient (Wildman–Crippen LogP) is 4.27. The van der Waals surface area contributed by atoms with Crippen molar-refractivity contribution in [1.82, 2.24) is 0 Å². The van der Waals surface area contributed by atoms with Gasteiger partial charge in [0.05, 0.1) is 0 Å². The standard InChI is InChI=1S/C21H18O3/c22-20-18(21(23)24)12-11-17(13-15-7-3-1-4-8-15)19(20)14-16-9-5-2-6-10-16/h1-12,22H,13-14H2,(H,23,24). The van der Waals surface area contributed by atoms with E-state index in [9.17, 15) is 15.0 Å². The molecule has 0 radical (unpaired) electrons. The van der Waals surface area contributed by atoms with Crippen molar-refractivity contribution in [3.05, 3.63) is 101 Å². The molecule has 0 aromatic heterocycles. The van der Waals surface area contributed by atoms with Crippen molar-refractivity contribution in [2.24, 2.45) is 0 Å². The van der Waals surface area contributed by atoms with Crippen molar-refractivity contribution in [3.8, 4) is 5.75 Å². The summed E-state index contributed by atoms with van der Waals surface area (Å²) in [5.74, 6) is -1.26. The first-order chi connectivity index (χ1) is 11.6. The van der Waals surface area contributed by atoms with Crippen LogP contribution in [-0.2, 0) is 12.8 Å². The highest BCUT2D eigenvalue weighted by molar-refractivity contribution is 5.91. The van der Waals surface area contributed by atoms with Gasteiger partial charge in [-0.25, -0.2) is 4.79 Å². The van der Waals surface area contributed by atoms with Gasteiger partial charge in [0.15, 0.2) is 0 Å². The summed E-state index contributed by atoms with van der Waals surface area (Å²) in [5, 5.41) is 19.8. The van der Waals surface area contributed by atoms with Gasteiger partial charge < -0.3 is 10.2 Å². The Morgan fingerprint density at radius 3 is 1.83 bits per heavy atom.